The molecule has 0 radical (unpaired) electrons. The van der Waals surface area contributed by atoms with Gasteiger partial charge in [0.1, 0.15) is 12.4 Å². The number of aromatic nitrogens is 3. The zero-order valence-electron chi connectivity index (χ0n) is 15.9. The number of aryl methyl sites for hydroxylation is 1. The van der Waals surface area contributed by atoms with Gasteiger partial charge in [0.05, 0.1) is 0 Å². The van der Waals surface area contributed by atoms with E-state index < -0.39 is 0 Å². The largest absolute Gasteiger partial charge is 0.359 e. The predicted molar refractivity (Wildman–Crippen MR) is 111 cm³/mol. The molecule has 1 saturated carbocycles. The molecule has 1 aromatic rings. The summed E-state index contributed by atoms with van der Waals surface area (Å²) in [6.07, 6.45) is 5.12. The highest BCUT2D eigenvalue weighted by atomic mass is 127. The van der Waals surface area contributed by atoms with Gasteiger partial charge in [-0.1, -0.05) is 0 Å². The molecular weight excluding hydrogens is 445 g/mol. The Kier molecular flexibility index (Phi) is 7.66. The van der Waals surface area contributed by atoms with Crippen LogP contribution in [-0.4, -0.2) is 57.7 Å². The van der Waals surface area contributed by atoms with Gasteiger partial charge in [-0.15, -0.1) is 34.2 Å². The second-order valence-electron chi connectivity index (χ2n) is 7.09. The summed E-state index contributed by atoms with van der Waals surface area (Å²) in [5.41, 5.74) is 0. The van der Waals surface area contributed by atoms with Crippen molar-refractivity contribution in [2.24, 2.45) is 18.0 Å². The number of aliphatic imine (C=N–C) groups is 1. The number of hydrogen-bond donors (Lipinski definition) is 2. The number of rotatable bonds is 5. The topological polar surface area (TPSA) is 87.4 Å². The van der Waals surface area contributed by atoms with Crippen molar-refractivity contribution in [2.75, 3.05) is 20.1 Å². The van der Waals surface area contributed by atoms with Gasteiger partial charge < -0.3 is 20.1 Å². The molecule has 0 bridgehead atoms. The van der Waals surface area contributed by atoms with E-state index in [1.54, 1.807) is 7.05 Å². The fraction of sp³-hybridized carbons (Fsp3) is 0.765. The van der Waals surface area contributed by atoms with E-state index >= 15 is 0 Å². The molecule has 0 aromatic carbocycles. The summed E-state index contributed by atoms with van der Waals surface area (Å²) in [5, 5.41) is 14.6. The molecule has 26 heavy (non-hydrogen) atoms. The first-order chi connectivity index (χ1) is 12.1. The van der Waals surface area contributed by atoms with Gasteiger partial charge in [0.15, 0.2) is 11.8 Å². The monoisotopic (exact) mass is 475 g/mol. The fourth-order valence-corrected chi connectivity index (χ4v) is 3.09. The first-order valence-corrected chi connectivity index (χ1v) is 9.18. The summed E-state index contributed by atoms with van der Waals surface area (Å²) in [4.78, 5) is 18.7. The summed E-state index contributed by atoms with van der Waals surface area (Å²) in [7, 11) is 3.68. The average Bonchev–Trinajstić information content (AvgIpc) is 3.39. The number of carbonyl (C=O) groups is 1. The SMILES string of the molecule is CNC(=O)CC1CCN(C(=NCc2nnc(C)n2C)NC2CC2)CC1.I. The van der Waals surface area contributed by atoms with E-state index in [1.807, 2.05) is 18.5 Å². The van der Waals surface area contributed by atoms with Gasteiger partial charge in [-0.3, -0.25) is 4.79 Å². The van der Waals surface area contributed by atoms with Crippen LogP contribution in [0.2, 0.25) is 0 Å². The maximum absolute atomic E-state index is 11.6. The van der Waals surface area contributed by atoms with Crippen LogP contribution in [0.3, 0.4) is 0 Å². The van der Waals surface area contributed by atoms with Crippen molar-refractivity contribution in [3.05, 3.63) is 11.6 Å². The van der Waals surface area contributed by atoms with Crippen molar-refractivity contribution in [1.29, 1.82) is 0 Å². The molecule has 0 atom stereocenters. The zero-order valence-corrected chi connectivity index (χ0v) is 18.2. The maximum atomic E-state index is 11.6. The average molecular weight is 475 g/mol. The van der Waals surface area contributed by atoms with Crippen LogP contribution in [0.15, 0.2) is 4.99 Å². The molecule has 2 N–H and O–H groups in total. The minimum Gasteiger partial charge on any atom is -0.359 e. The van der Waals surface area contributed by atoms with Crippen molar-refractivity contribution < 1.29 is 4.79 Å². The fourth-order valence-electron chi connectivity index (χ4n) is 3.09. The molecule has 2 heterocycles. The number of likely N-dealkylation sites (tertiary alicyclic amines) is 1. The molecule has 1 amide bonds. The highest BCUT2D eigenvalue weighted by Crippen LogP contribution is 2.23. The summed E-state index contributed by atoms with van der Waals surface area (Å²) in [6, 6.07) is 0.559. The Balaban J connectivity index is 0.00000243. The van der Waals surface area contributed by atoms with Crippen molar-refractivity contribution in [2.45, 2.75) is 51.6 Å². The predicted octanol–water partition coefficient (Wildman–Crippen LogP) is 1.20. The number of piperidine rings is 1. The number of halogens is 1. The summed E-state index contributed by atoms with van der Waals surface area (Å²) >= 11 is 0. The van der Waals surface area contributed by atoms with Crippen LogP contribution in [0, 0.1) is 12.8 Å². The molecule has 0 unspecified atom stereocenters. The summed E-state index contributed by atoms with van der Waals surface area (Å²) < 4.78 is 1.98. The minimum atomic E-state index is 0. The number of amides is 1. The Morgan fingerprint density at radius 2 is 1.92 bits per heavy atom. The van der Waals surface area contributed by atoms with E-state index in [1.165, 1.54) is 12.8 Å². The van der Waals surface area contributed by atoms with Crippen LogP contribution in [0.5, 0.6) is 0 Å². The second-order valence-corrected chi connectivity index (χ2v) is 7.09. The lowest BCUT2D eigenvalue weighted by Crippen LogP contribution is -2.46. The van der Waals surface area contributed by atoms with Gasteiger partial charge in [-0.2, -0.15) is 0 Å². The van der Waals surface area contributed by atoms with Gasteiger partial charge in [0.25, 0.3) is 0 Å². The van der Waals surface area contributed by atoms with Gasteiger partial charge >= 0.3 is 0 Å². The third kappa shape index (κ3) is 5.55. The van der Waals surface area contributed by atoms with Crippen LogP contribution in [0.1, 0.15) is 43.8 Å². The highest BCUT2D eigenvalue weighted by Gasteiger charge is 2.28. The molecule has 3 rings (SSSR count). The van der Waals surface area contributed by atoms with E-state index in [4.69, 9.17) is 4.99 Å². The van der Waals surface area contributed by atoms with Gasteiger partial charge in [-0.25, -0.2) is 4.99 Å². The lowest BCUT2D eigenvalue weighted by atomic mass is 9.93. The Hall–Kier alpha value is -1.39. The van der Waals surface area contributed by atoms with Crippen molar-refractivity contribution >= 4 is 35.8 Å². The van der Waals surface area contributed by atoms with E-state index in [9.17, 15) is 4.79 Å². The quantitative estimate of drug-likeness (QED) is 0.380. The normalized spacial score (nSPS) is 18.4. The summed E-state index contributed by atoms with van der Waals surface area (Å²) in [5.74, 6) is 3.36. The first-order valence-electron chi connectivity index (χ1n) is 9.18. The van der Waals surface area contributed by atoms with Gasteiger partial charge in [0.2, 0.25) is 5.91 Å². The van der Waals surface area contributed by atoms with Gasteiger partial charge in [-0.05, 0) is 38.5 Å². The molecule has 8 nitrogen and oxygen atoms in total. The maximum Gasteiger partial charge on any atom is 0.220 e. The van der Waals surface area contributed by atoms with E-state index in [2.05, 4.69) is 25.7 Å². The Morgan fingerprint density at radius 1 is 1.23 bits per heavy atom. The number of nitrogens with zero attached hydrogens (tertiary/aromatic N) is 5. The highest BCUT2D eigenvalue weighted by molar-refractivity contribution is 14.0. The molecule has 1 aliphatic carbocycles. The molecule has 2 fully saturated rings. The first kappa shape index (κ1) is 20.9. The molecule has 1 aliphatic heterocycles. The second kappa shape index (κ2) is 9.52. The van der Waals surface area contributed by atoms with Crippen molar-refractivity contribution in [3.8, 4) is 0 Å². The molecule has 9 heteroatoms. The number of hydrogen-bond acceptors (Lipinski definition) is 4. The number of carbonyl (C=O) groups excluding carboxylic acids is 1. The van der Waals surface area contributed by atoms with Crippen molar-refractivity contribution in [3.63, 3.8) is 0 Å². The molecular formula is C17H30IN7O. The smallest absolute Gasteiger partial charge is 0.220 e. The third-order valence-electron chi connectivity index (χ3n) is 5.13. The van der Waals surface area contributed by atoms with E-state index in [0.717, 1.165) is 43.5 Å². The Labute approximate surface area is 172 Å². The molecule has 146 valence electrons. The van der Waals surface area contributed by atoms with Crippen LogP contribution in [0.25, 0.3) is 0 Å². The number of nitrogens with one attached hydrogen (secondary N) is 2. The lowest BCUT2D eigenvalue weighted by molar-refractivity contribution is -0.121. The van der Waals surface area contributed by atoms with Crippen LogP contribution in [-0.2, 0) is 18.4 Å². The minimum absolute atomic E-state index is 0. The molecule has 1 aromatic heterocycles. The Morgan fingerprint density at radius 3 is 2.46 bits per heavy atom. The summed E-state index contributed by atoms with van der Waals surface area (Å²) in [6.45, 7) is 4.36. The Bertz CT molecular complexity index is 633. The van der Waals surface area contributed by atoms with Crippen molar-refractivity contribution in [1.82, 2.24) is 30.3 Å². The zero-order chi connectivity index (χ0) is 17.8. The van der Waals surface area contributed by atoms with Gasteiger partial charge in [0, 0.05) is 39.6 Å². The number of guanidine groups is 1. The third-order valence-corrected chi connectivity index (χ3v) is 5.13. The van der Waals surface area contributed by atoms with E-state index in [-0.39, 0.29) is 29.9 Å². The van der Waals surface area contributed by atoms with Crippen LogP contribution >= 0.6 is 24.0 Å². The van der Waals surface area contributed by atoms with Crippen LogP contribution in [0.4, 0.5) is 0 Å². The molecule has 2 aliphatic rings. The lowest BCUT2D eigenvalue weighted by Gasteiger charge is -2.34. The van der Waals surface area contributed by atoms with E-state index in [0.29, 0.717) is 24.9 Å². The van der Waals surface area contributed by atoms with Crippen LogP contribution < -0.4 is 10.6 Å². The molecule has 1 saturated heterocycles. The molecule has 0 spiro atoms. The standard InChI is InChI=1S/C17H29N7O.HI/c1-12-21-22-15(23(12)3)11-19-17(20-14-4-5-14)24-8-6-13(7-9-24)10-16(25)18-2;/h13-14H,4-11H2,1-3H3,(H,18,25)(H,19,20);1H.